The Balaban J connectivity index is 1.74. The topological polar surface area (TPSA) is 98.7 Å². The molecule has 0 radical (unpaired) electrons. The minimum Gasteiger partial charge on any atom is -0.481 e. The third kappa shape index (κ3) is 7.31. The Hall–Kier alpha value is -4.14. The van der Waals surface area contributed by atoms with Crippen molar-refractivity contribution in [2.45, 2.75) is 64.2 Å². The number of anilines is 2. The van der Waals surface area contributed by atoms with E-state index in [0.29, 0.717) is 41.9 Å². The Morgan fingerprint density at radius 3 is 2.27 bits per heavy atom. The summed E-state index contributed by atoms with van der Waals surface area (Å²) in [5, 5.41) is 3.19. The van der Waals surface area contributed by atoms with E-state index >= 15 is 0 Å². The van der Waals surface area contributed by atoms with Crippen molar-refractivity contribution in [3.8, 4) is 5.88 Å². The third-order valence-corrected chi connectivity index (χ3v) is 7.06. The van der Waals surface area contributed by atoms with Crippen LogP contribution in [0.2, 0.25) is 0 Å². The Morgan fingerprint density at radius 2 is 1.70 bits per heavy atom. The average molecular weight is 628 g/mol. The molecule has 0 fully saturated rings. The van der Waals surface area contributed by atoms with Gasteiger partial charge in [0, 0.05) is 37.4 Å². The predicted molar refractivity (Wildman–Crippen MR) is 147 cm³/mol. The predicted octanol–water partition coefficient (Wildman–Crippen LogP) is 6.95. The van der Waals surface area contributed by atoms with Gasteiger partial charge in [0.1, 0.15) is 0 Å². The zero-order valence-electron chi connectivity index (χ0n) is 24.3. The van der Waals surface area contributed by atoms with Crippen molar-refractivity contribution in [1.29, 1.82) is 0 Å². The van der Waals surface area contributed by atoms with Crippen LogP contribution in [-0.2, 0) is 34.9 Å². The van der Waals surface area contributed by atoms with Crippen molar-refractivity contribution in [2.75, 3.05) is 31.0 Å². The molecule has 0 saturated carbocycles. The molecule has 0 bridgehead atoms. The summed E-state index contributed by atoms with van der Waals surface area (Å²) in [6.07, 6.45) is -8.53. The molecule has 3 aromatic rings. The highest BCUT2D eigenvalue weighted by Gasteiger charge is 2.39. The Labute approximate surface area is 249 Å². The Kier molecular flexibility index (Phi) is 9.86. The number of hydrogen-bond donors (Lipinski definition) is 1. The summed E-state index contributed by atoms with van der Waals surface area (Å²) < 4.78 is 96.7. The molecule has 0 saturated heterocycles. The minimum absolute atomic E-state index is 0.0296. The highest BCUT2D eigenvalue weighted by molar-refractivity contribution is 5.90. The maximum atomic E-state index is 13.5. The van der Waals surface area contributed by atoms with Crippen LogP contribution in [0.25, 0.3) is 0 Å². The molecule has 4 rings (SSSR count). The first-order valence-electron chi connectivity index (χ1n) is 13.7. The average Bonchev–Trinajstić information content (AvgIpc) is 2.97. The number of carbonyl (C=O) groups excluding carboxylic acids is 1. The summed E-state index contributed by atoms with van der Waals surface area (Å²) in [5.74, 6) is 0.347. The zero-order chi connectivity index (χ0) is 32.2. The maximum absolute atomic E-state index is 13.5. The second-order valence-electron chi connectivity index (χ2n) is 10.0. The highest BCUT2D eigenvalue weighted by Crippen LogP contribution is 2.40. The van der Waals surface area contributed by atoms with E-state index in [4.69, 9.17) is 14.2 Å². The lowest BCUT2D eigenvalue weighted by molar-refractivity contribution is -0.143. The summed E-state index contributed by atoms with van der Waals surface area (Å²) in [6, 6.07) is 3.88. The van der Waals surface area contributed by atoms with E-state index in [0.717, 1.165) is 0 Å². The number of nitrogens with one attached hydrogen (secondary N) is 1. The Bertz CT molecular complexity index is 1450. The molecule has 238 valence electrons. The van der Waals surface area contributed by atoms with Gasteiger partial charge in [-0.25, -0.2) is 19.7 Å². The van der Waals surface area contributed by atoms with E-state index in [1.165, 1.54) is 25.3 Å². The second-order valence-corrected chi connectivity index (χ2v) is 10.0. The summed E-state index contributed by atoms with van der Waals surface area (Å²) in [4.78, 5) is 27.8. The first-order chi connectivity index (χ1) is 20.8. The lowest BCUT2D eigenvalue weighted by Gasteiger charge is -2.39. The van der Waals surface area contributed by atoms with Crippen molar-refractivity contribution in [2.24, 2.45) is 0 Å². The minimum atomic E-state index is -4.99. The van der Waals surface area contributed by atoms with Crippen molar-refractivity contribution in [1.82, 2.24) is 15.0 Å². The van der Waals surface area contributed by atoms with Crippen molar-refractivity contribution in [3.05, 3.63) is 70.2 Å². The fourth-order valence-corrected chi connectivity index (χ4v) is 5.04. The number of ether oxygens (including phenoxy) is 3. The van der Waals surface area contributed by atoms with Crippen LogP contribution >= 0.6 is 0 Å². The fourth-order valence-electron chi connectivity index (χ4n) is 5.04. The number of pyridine rings is 1. The van der Waals surface area contributed by atoms with E-state index < -0.39 is 35.6 Å². The highest BCUT2D eigenvalue weighted by atomic mass is 19.4. The number of aromatic nitrogens is 3. The van der Waals surface area contributed by atoms with Gasteiger partial charge in [0.25, 0.3) is 0 Å². The molecule has 1 aliphatic heterocycles. The number of rotatable bonds is 9. The first kappa shape index (κ1) is 32.8. The Morgan fingerprint density at radius 1 is 1.02 bits per heavy atom. The maximum Gasteiger partial charge on any atom is 0.416 e. The normalized spacial score (nSPS) is 16.8. The standard InChI is InChI=1S/C29H31F6N5O4/c1-5-20-13-22(25-23(7-8-24(39-25)43-4)40(20)27(41)44-6-2)38-26-36-14-17(15-42-3)21(37-26)11-16-9-18(28(30,31)32)12-19(10-16)29(33,34)35/h7-10,12,14,20,22H,5-6,11,13,15H2,1-4H3,(H,36,37,38)/t20-,22+/m1/s1. The number of halogens is 6. The molecule has 0 unspecified atom stereocenters. The summed E-state index contributed by atoms with van der Waals surface area (Å²) in [6.45, 7) is 3.76. The molecule has 3 heterocycles. The van der Waals surface area contributed by atoms with Crippen molar-refractivity contribution < 1.29 is 45.3 Å². The molecular weight excluding hydrogens is 596 g/mol. The van der Waals surface area contributed by atoms with Gasteiger partial charge in [-0.3, -0.25) is 4.90 Å². The number of nitrogens with zero attached hydrogens (tertiary/aromatic N) is 4. The van der Waals surface area contributed by atoms with Crippen molar-refractivity contribution >= 4 is 17.7 Å². The van der Waals surface area contributed by atoms with Gasteiger partial charge >= 0.3 is 18.4 Å². The zero-order valence-corrected chi connectivity index (χ0v) is 24.3. The van der Waals surface area contributed by atoms with Crippen LogP contribution in [0.1, 0.15) is 66.4 Å². The van der Waals surface area contributed by atoms with Crippen LogP contribution in [0, 0.1) is 0 Å². The molecule has 1 aromatic carbocycles. The van der Waals surface area contributed by atoms with Gasteiger partial charge < -0.3 is 19.5 Å². The van der Waals surface area contributed by atoms with Crippen LogP contribution in [0.3, 0.4) is 0 Å². The summed E-state index contributed by atoms with van der Waals surface area (Å²) in [5.41, 5.74) is -1.59. The summed E-state index contributed by atoms with van der Waals surface area (Å²) >= 11 is 0. The molecule has 1 N–H and O–H groups in total. The van der Waals surface area contributed by atoms with Gasteiger partial charge in [-0.2, -0.15) is 26.3 Å². The van der Waals surface area contributed by atoms with Crippen molar-refractivity contribution in [3.63, 3.8) is 0 Å². The molecule has 9 nitrogen and oxygen atoms in total. The lowest BCUT2D eigenvalue weighted by Crippen LogP contribution is -2.46. The quantitative estimate of drug-likeness (QED) is 0.255. The molecule has 0 aliphatic carbocycles. The van der Waals surface area contributed by atoms with E-state index in [1.807, 2.05) is 6.92 Å². The van der Waals surface area contributed by atoms with Crippen LogP contribution in [-0.4, -0.2) is 47.9 Å². The number of amides is 1. The van der Waals surface area contributed by atoms with Gasteiger partial charge in [-0.05, 0) is 49.6 Å². The van der Waals surface area contributed by atoms with Gasteiger partial charge in [0.15, 0.2) is 0 Å². The fraction of sp³-hybridized carbons (Fsp3) is 0.448. The van der Waals surface area contributed by atoms with E-state index in [9.17, 15) is 31.1 Å². The molecule has 1 aliphatic rings. The van der Waals surface area contributed by atoms with Crippen LogP contribution in [0.15, 0.2) is 36.5 Å². The second kappa shape index (κ2) is 13.2. The molecule has 44 heavy (non-hydrogen) atoms. The first-order valence-corrected chi connectivity index (χ1v) is 13.7. The molecule has 0 spiro atoms. The van der Waals surface area contributed by atoms with Crippen LogP contribution in [0.4, 0.5) is 42.8 Å². The molecule has 15 heteroatoms. The lowest BCUT2D eigenvalue weighted by atomic mass is 9.93. The number of benzene rings is 1. The smallest absolute Gasteiger partial charge is 0.416 e. The van der Waals surface area contributed by atoms with Gasteiger partial charge in [-0.15, -0.1) is 0 Å². The van der Waals surface area contributed by atoms with E-state index in [2.05, 4.69) is 20.3 Å². The van der Waals surface area contributed by atoms with Gasteiger partial charge in [-0.1, -0.05) is 6.92 Å². The number of methoxy groups -OCH3 is 2. The number of hydrogen-bond acceptors (Lipinski definition) is 8. The number of carbonyl (C=O) groups is 1. The van der Waals surface area contributed by atoms with E-state index in [1.54, 1.807) is 19.1 Å². The monoisotopic (exact) mass is 627 g/mol. The molecule has 2 aromatic heterocycles. The molecule has 2 atom stereocenters. The van der Waals surface area contributed by atoms with Gasteiger partial charge in [0.05, 0.1) is 54.6 Å². The van der Waals surface area contributed by atoms with E-state index in [-0.39, 0.29) is 54.8 Å². The number of alkyl halides is 6. The molecule has 1 amide bonds. The molecular formula is C29H31F6N5O4. The van der Waals surface area contributed by atoms with Crippen LogP contribution < -0.4 is 15.0 Å². The largest absolute Gasteiger partial charge is 0.481 e. The summed E-state index contributed by atoms with van der Waals surface area (Å²) in [7, 11) is 2.83. The van der Waals surface area contributed by atoms with Gasteiger partial charge in [0.2, 0.25) is 11.8 Å². The van der Waals surface area contributed by atoms with Crippen LogP contribution in [0.5, 0.6) is 5.88 Å². The number of fused-ring (bicyclic) bond motifs is 1. The third-order valence-electron chi connectivity index (χ3n) is 7.06. The SMILES string of the molecule is CCOC(=O)N1c2ccc(OC)nc2[C@@H](Nc2ncc(COC)c(Cc3cc(C(F)(F)F)cc(C(F)(F)F)c3)n2)C[C@H]1CC.